The van der Waals surface area contributed by atoms with Crippen molar-refractivity contribution in [3.63, 3.8) is 0 Å². The SMILES string of the molecule is O=C1c2ccccc2C(=O)N1CC1CN(c2ccccc2)C(=O)O1. The maximum Gasteiger partial charge on any atom is 0.414 e. The summed E-state index contributed by atoms with van der Waals surface area (Å²) >= 11 is 0. The second-order valence-electron chi connectivity index (χ2n) is 5.72. The lowest BCUT2D eigenvalue weighted by Crippen LogP contribution is -2.38. The standard InChI is InChI=1S/C18H14N2O4/c21-16-14-8-4-5-9-15(14)17(22)20(16)11-13-10-19(18(23)24-13)12-6-2-1-3-7-12/h1-9,13H,10-11H2. The van der Waals surface area contributed by atoms with Gasteiger partial charge in [-0.3, -0.25) is 19.4 Å². The molecule has 24 heavy (non-hydrogen) atoms. The predicted octanol–water partition coefficient (Wildman–Crippen LogP) is 2.31. The summed E-state index contributed by atoms with van der Waals surface area (Å²) in [6.07, 6.45) is -1.01. The third kappa shape index (κ3) is 2.23. The van der Waals surface area contributed by atoms with Gasteiger partial charge in [-0.2, -0.15) is 0 Å². The molecule has 120 valence electrons. The first-order valence-electron chi connectivity index (χ1n) is 7.63. The molecule has 2 aromatic carbocycles. The van der Waals surface area contributed by atoms with Crippen LogP contribution in [-0.2, 0) is 4.74 Å². The Morgan fingerprint density at radius 3 is 2.08 bits per heavy atom. The van der Waals surface area contributed by atoms with E-state index >= 15 is 0 Å². The highest BCUT2D eigenvalue weighted by atomic mass is 16.6. The van der Waals surface area contributed by atoms with E-state index in [2.05, 4.69) is 0 Å². The van der Waals surface area contributed by atoms with Crippen molar-refractivity contribution in [3.05, 3.63) is 65.7 Å². The van der Waals surface area contributed by atoms with Gasteiger partial charge in [-0.15, -0.1) is 0 Å². The average Bonchev–Trinajstić information content (AvgIpc) is 3.09. The quantitative estimate of drug-likeness (QED) is 0.813. The number of carbonyl (C=O) groups is 3. The number of amides is 3. The number of nitrogens with zero attached hydrogens (tertiary/aromatic N) is 2. The molecule has 0 bridgehead atoms. The highest BCUT2D eigenvalue weighted by Crippen LogP contribution is 2.26. The number of cyclic esters (lactones) is 1. The van der Waals surface area contributed by atoms with E-state index in [-0.39, 0.29) is 18.4 Å². The summed E-state index contributed by atoms with van der Waals surface area (Å²) in [4.78, 5) is 39.5. The number of ether oxygens (including phenoxy) is 1. The minimum atomic E-state index is -0.542. The lowest BCUT2D eigenvalue weighted by atomic mass is 10.1. The van der Waals surface area contributed by atoms with Crippen LogP contribution in [0.2, 0.25) is 0 Å². The van der Waals surface area contributed by atoms with Crippen LogP contribution in [0, 0.1) is 0 Å². The Labute approximate surface area is 138 Å². The van der Waals surface area contributed by atoms with E-state index in [4.69, 9.17) is 4.74 Å². The summed E-state index contributed by atoms with van der Waals surface area (Å²) in [5.74, 6) is -0.686. The lowest BCUT2D eigenvalue weighted by Gasteiger charge is -2.17. The van der Waals surface area contributed by atoms with E-state index in [0.717, 1.165) is 10.6 Å². The Morgan fingerprint density at radius 1 is 0.875 bits per heavy atom. The molecular formula is C18H14N2O4. The van der Waals surface area contributed by atoms with Crippen LogP contribution in [0.15, 0.2) is 54.6 Å². The molecule has 0 aromatic heterocycles. The molecule has 1 fully saturated rings. The summed E-state index contributed by atoms with van der Waals surface area (Å²) in [7, 11) is 0. The number of carbonyl (C=O) groups excluding carboxylic acids is 3. The average molecular weight is 322 g/mol. The summed E-state index contributed by atoms with van der Waals surface area (Å²) in [6.45, 7) is 0.359. The van der Waals surface area contributed by atoms with Gasteiger partial charge >= 0.3 is 6.09 Å². The maximum atomic E-state index is 12.4. The van der Waals surface area contributed by atoms with Crippen molar-refractivity contribution in [3.8, 4) is 0 Å². The Kier molecular flexibility index (Phi) is 3.30. The number of para-hydroxylation sites is 1. The number of hydrogen-bond donors (Lipinski definition) is 0. The molecule has 2 aliphatic rings. The lowest BCUT2D eigenvalue weighted by molar-refractivity contribution is 0.0558. The van der Waals surface area contributed by atoms with Crippen molar-refractivity contribution in [1.82, 2.24) is 4.90 Å². The molecule has 2 aliphatic heterocycles. The zero-order valence-corrected chi connectivity index (χ0v) is 12.7. The molecule has 1 unspecified atom stereocenters. The van der Waals surface area contributed by atoms with E-state index in [1.165, 1.54) is 4.90 Å². The Bertz CT molecular complexity index is 799. The van der Waals surface area contributed by atoms with Gasteiger partial charge in [-0.1, -0.05) is 30.3 Å². The number of fused-ring (bicyclic) bond motifs is 1. The van der Waals surface area contributed by atoms with Crippen LogP contribution >= 0.6 is 0 Å². The van der Waals surface area contributed by atoms with Gasteiger partial charge in [-0.25, -0.2) is 4.79 Å². The summed E-state index contributed by atoms with van der Waals surface area (Å²) in [5, 5.41) is 0. The summed E-state index contributed by atoms with van der Waals surface area (Å²) < 4.78 is 5.33. The molecule has 4 rings (SSSR count). The number of benzene rings is 2. The molecular weight excluding hydrogens is 308 g/mol. The number of imide groups is 1. The Balaban J connectivity index is 1.51. The van der Waals surface area contributed by atoms with Crippen LogP contribution in [0.5, 0.6) is 0 Å². The smallest absolute Gasteiger partial charge is 0.414 e. The highest BCUT2D eigenvalue weighted by Gasteiger charge is 2.40. The van der Waals surface area contributed by atoms with Crippen molar-refractivity contribution < 1.29 is 19.1 Å². The molecule has 0 aliphatic carbocycles. The van der Waals surface area contributed by atoms with Crippen LogP contribution in [-0.4, -0.2) is 42.0 Å². The van der Waals surface area contributed by atoms with Crippen molar-refractivity contribution in [2.45, 2.75) is 6.10 Å². The number of rotatable bonds is 3. The topological polar surface area (TPSA) is 66.9 Å². The molecule has 0 N–H and O–H groups in total. The Hall–Kier alpha value is -3.15. The van der Waals surface area contributed by atoms with Crippen LogP contribution < -0.4 is 4.90 Å². The van der Waals surface area contributed by atoms with Crippen LogP contribution in [0.3, 0.4) is 0 Å². The molecule has 3 amide bonds. The molecule has 6 heteroatoms. The molecule has 2 aromatic rings. The van der Waals surface area contributed by atoms with Gasteiger partial charge < -0.3 is 4.74 Å². The van der Waals surface area contributed by atoms with E-state index in [1.54, 1.807) is 24.3 Å². The first-order chi connectivity index (χ1) is 11.6. The van der Waals surface area contributed by atoms with E-state index in [1.807, 2.05) is 30.3 Å². The van der Waals surface area contributed by atoms with Gasteiger partial charge in [0.05, 0.1) is 24.2 Å². The van der Waals surface area contributed by atoms with Crippen LogP contribution in [0.25, 0.3) is 0 Å². The zero-order valence-electron chi connectivity index (χ0n) is 12.7. The van der Waals surface area contributed by atoms with Crippen LogP contribution in [0.4, 0.5) is 10.5 Å². The summed E-state index contributed by atoms with van der Waals surface area (Å²) in [5.41, 5.74) is 1.52. The van der Waals surface area contributed by atoms with Gasteiger partial charge in [0.25, 0.3) is 11.8 Å². The Morgan fingerprint density at radius 2 is 1.46 bits per heavy atom. The third-order valence-electron chi connectivity index (χ3n) is 4.21. The zero-order chi connectivity index (χ0) is 16.7. The molecule has 0 saturated carbocycles. The molecule has 0 radical (unpaired) electrons. The predicted molar refractivity (Wildman–Crippen MR) is 85.9 cm³/mol. The van der Waals surface area contributed by atoms with Gasteiger partial charge in [-0.05, 0) is 24.3 Å². The fourth-order valence-corrected chi connectivity index (χ4v) is 3.04. The minimum Gasteiger partial charge on any atom is -0.442 e. The minimum absolute atomic E-state index is 0.0570. The molecule has 6 nitrogen and oxygen atoms in total. The first-order valence-corrected chi connectivity index (χ1v) is 7.63. The first kappa shape index (κ1) is 14.4. The van der Waals surface area contributed by atoms with Crippen molar-refractivity contribution in [2.24, 2.45) is 0 Å². The van der Waals surface area contributed by atoms with Crippen LogP contribution in [0.1, 0.15) is 20.7 Å². The molecule has 1 atom stereocenters. The fourth-order valence-electron chi connectivity index (χ4n) is 3.04. The number of anilines is 1. The molecule has 0 spiro atoms. The fraction of sp³-hybridized carbons (Fsp3) is 0.167. The van der Waals surface area contributed by atoms with E-state index < -0.39 is 12.2 Å². The third-order valence-corrected chi connectivity index (χ3v) is 4.21. The van der Waals surface area contributed by atoms with Gasteiger partial charge in [0.1, 0.15) is 6.10 Å². The van der Waals surface area contributed by atoms with Crippen molar-refractivity contribution >= 4 is 23.6 Å². The molecule has 1 saturated heterocycles. The van der Waals surface area contributed by atoms with E-state index in [0.29, 0.717) is 17.7 Å². The monoisotopic (exact) mass is 322 g/mol. The largest absolute Gasteiger partial charge is 0.442 e. The second-order valence-corrected chi connectivity index (χ2v) is 5.72. The second kappa shape index (κ2) is 5.49. The normalized spacial score (nSPS) is 19.7. The van der Waals surface area contributed by atoms with Gasteiger partial charge in [0, 0.05) is 5.69 Å². The summed E-state index contributed by atoms with van der Waals surface area (Å²) in [6, 6.07) is 15.9. The van der Waals surface area contributed by atoms with Gasteiger partial charge in [0.15, 0.2) is 0 Å². The maximum absolute atomic E-state index is 12.4. The van der Waals surface area contributed by atoms with Crippen molar-refractivity contribution in [1.29, 1.82) is 0 Å². The highest BCUT2D eigenvalue weighted by molar-refractivity contribution is 6.21. The van der Waals surface area contributed by atoms with Crippen molar-refractivity contribution in [2.75, 3.05) is 18.0 Å². The molecule has 2 heterocycles. The van der Waals surface area contributed by atoms with E-state index in [9.17, 15) is 14.4 Å². The van der Waals surface area contributed by atoms with Gasteiger partial charge in [0.2, 0.25) is 0 Å². The number of hydrogen-bond acceptors (Lipinski definition) is 4.